The number of rotatable bonds is 10. The van der Waals surface area contributed by atoms with Gasteiger partial charge in [-0.2, -0.15) is 0 Å². The Morgan fingerprint density at radius 2 is 1.80 bits per heavy atom. The highest BCUT2D eigenvalue weighted by Crippen LogP contribution is 2.23. The molecule has 6 nitrogen and oxygen atoms in total. The van der Waals surface area contributed by atoms with Crippen LogP contribution in [0, 0.1) is 12.8 Å². The van der Waals surface area contributed by atoms with Crippen molar-refractivity contribution in [3.8, 4) is 11.1 Å². The predicted octanol–water partition coefficient (Wildman–Crippen LogP) is 4.70. The van der Waals surface area contributed by atoms with E-state index in [0.29, 0.717) is 19.0 Å². The summed E-state index contributed by atoms with van der Waals surface area (Å²) in [4.78, 5) is 26.6. The van der Waals surface area contributed by atoms with Crippen molar-refractivity contribution in [2.45, 2.75) is 39.7 Å². The molecule has 0 saturated carbocycles. The molecule has 0 radical (unpaired) electrons. The number of aromatic nitrogens is 2. The van der Waals surface area contributed by atoms with Crippen LogP contribution < -0.4 is 10.2 Å². The Morgan fingerprint density at radius 3 is 2.51 bits per heavy atom. The van der Waals surface area contributed by atoms with Gasteiger partial charge in [0.05, 0.1) is 5.92 Å². The first-order valence-corrected chi connectivity index (χ1v) is 12.8. The Bertz CT molecular complexity index is 1050. The zero-order valence-electron chi connectivity index (χ0n) is 21.0. The van der Waals surface area contributed by atoms with Gasteiger partial charge in [0.25, 0.3) is 0 Å². The molecule has 1 saturated heterocycles. The monoisotopic (exact) mass is 471 g/mol. The molecule has 1 aliphatic heterocycles. The zero-order valence-corrected chi connectivity index (χ0v) is 21.0. The minimum absolute atomic E-state index is 0.0178. The second kappa shape index (κ2) is 12.5. The van der Waals surface area contributed by atoms with Crippen LogP contribution in [0.1, 0.15) is 37.3 Å². The van der Waals surface area contributed by atoms with Crippen molar-refractivity contribution in [1.82, 2.24) is 20.2 Å². The van der Waals surface area contributed by atoms with Crippen LogP contribution in [-0.4, -0.2) is 53.5 Å². The fourth-order valence-electron chi connectivity index (χ4n) is 4.60. The molecule has 1 fully saturated rings. The third-order valence-electron chi connectivity index (χ3n) is 6.74. The molecular weight excluding hydrogens is 434 g/mol. The lowest BCUT2D eigenvalue weighted by Gasteiger charge is -2.32. The minimum atomic E-state index is -0.0178. The Balaban J connectivity index is 1.23. The summed E-state index contributed by atoms with van der Waals surface area (Å²) >= 11 is 0. The van der Waals surface area contributed by atoms with Gasteiger partial charge in [-0.25, -0.2) is 9.97 Å². The molecule has 184 valence electrons. The van der Waals surface area contributed by atoms with E-state index in [-0.39, 0.29) is 11.8 Å². The van der Waals surface area contributed by atoms with Gasteiger partial charge in [-0.05, 0) is 43.9 Å². The first kappa shape index (κ1) is 24.9. The number of benzene rings is 2. The fraction of sp³-hybridized carbons (Fsp3) is 0.414. The van der Waals surface area contributed by atoms with Gasteiger partial charge in [0, 0.05) is 50.7 Å². The molecule has 1 N–H and O–H groups in total. The normalized spacial score (nSPS) is 15.9. The summed E-state index contributed by atoms with van der Waals surface area (Å²) in [5, 5.41) is 3.17. The average Bonchev–Trinajstić information content (AvgIpc) is 2.91. The van der Waals surface area contributed by atoms with Crippen molar-refractivity contribution >= 4 is 11.9 Å². The fourth-order valence-corrected chi connectivity index (χ4v) is 4.60. The van der Waals surface area contributed by atoms with E-state index in [9.17, 15) is 4.79 Å². The van der Waals surface area contributed by atoms with Crippen LogP contribution in [-0.2, 0) is 11.3 Å². The Kier molecular flexibility index (Phi) is 8.85. The molecule has 0 aliphatic carbocycles. The Morgan fingerprint density at radius 1 is 1.06 bits per heavy atom. The molecule has 0 bridgehead atoms. The summed E-state index contributed by atoms with van der Waals surface area (Å²) in [5.41, 5.74) is 4.69. The van der Waals surface area contributed by atoms with Gasteiger partial charge >= 0.3 is 0 Å². The van der Waals surface area contributed by atoms with Crippen molar-refractivity contribution in [3.05, 3.63) is 78.1 Å². The van der Waals surface area contributed by atoms with Crippen molar-refractivity contribution < 1.29 is 4.79 Å². The van der Waals surface area contributed by atoms with Gasteiger partial charge < -0.3 is 10.2 Å². The summed E-state index contributed by atoms with van der Waals surface area (Å²) in [7, 11) is 0. The number of carbonyl (C=O) groups excluding carboxylic acids is 1. The molecule has 0 spiro atoms. The van der Waals surface area contributed by atoms with Crippen LogP contribution in [0.5, 0.6) is 0 Å². The summed E-state index contributed by atoms with van der Waals surface area (Å²) < 4.78 is 0. The average molecular weight is 472 g/mol. The number of carbonyl (C=O) groups is 1. The molecule has 0 unspecified atom stereocenters. The van der Waals surface area contributed by atoms with Crippen LogP contribution in [0.4, 0.5) is 5.95 Å². The molecule has 1 amide bonds. The molecule has 2 heterocycles. The number of hydrogen-bond donors (Lipinski definition) is 1. The highest BCUT2D eigenvalue weighted by molar-refractivity contribution is 5.79. The first-order chi connectivity index (χ1) is 17.1. The molecule has 3 aromatic rings. The van der Waals surface area contributed by atoms with E-state index in [1.54, 1.807) is 0 Å². The first-order valence-electron chi connectivity index (χ1n) is 12.8. The third kappa shape index (κ3) is 7.12. The van der Waals surface area contributed by atoms with Crippen LogP contribution in [0.3, 0.4) is 0 Å². The summed E-state index contributed by atoms with van der Waals surface area (Å²) in [5.74, 6) is 0.839. The second-order valence-electron chi connectivity index (χ2n) is 9.42. The topological polar surface area (TPSA) is 61.4 Å². The van der Waals surface area contributed by atoms with E-state index in [0.717, 1.165) is 56.6 Å². The lowest BCUT2D eigenvalue weighted by Crippen LogP contribution is -2.44. The third-order valence-corrected chi connectivity index (χ3v) is 6.74. The molecule has 4 rings (SSSR count). The molecule has 1 atom stereocenters. The molecule has 1 aliphatic rings. The molecular formula is C29H37N5O. The van der Waals surface area contributed by atoms with E-state index in [2.05, 4.69) is 87.5 Å². The summed E-state index contributed by atoms with van der Waals surface area (Å²) in [6.45, 7) is 9.47. The maximum Gasteiger partial charge on any atom is 0.225 e. The van der Waals surface area contributed by atoms with Crippen molar-refractivity contribution in [2.75, 3.05) is 37.6 Å². The van der Waals surface area contributed by atoms with Gasteiger partial charge in [0.15, 0.2) is 0 Å². The van der Waals surface area contributed by atoms with Crippen LogP contribution >= 0.6 is 0 Å². The summed E-state index contributed by atoms with van der Waals surface area (Å²) in [6, 6.07) is 18.9. The quantitative estimate of drug-likeness (QED) is 0.435. The van der Waals surface area contributed by atoms with Gasteiger partial charge in [-0.15, -0.1) is 0 Å². The molecule has 1 aromatic heterocycles. The summed E-state index contributed by atoms with van der Waals surface area (Å²) in [6.07, 6.45) is 6.60. The SMILES string of the molecule is CCN(CCCNC(=O)[C@H]1CCCN(c2ncc(-c3ccc(C)cc3)cn2)C1)Cc1ccccc1. The molecule has 2 aromatic carbocycles. The number of anilines is 1. The number of hydrogen-bond acceptors (Lipinski definition) is 5. The van der Waals surface area contributed by atoms with Crippen LogP contribution in [0.25, 0.3) is 11.1 Å². The van der Waals surface area contributed by atoms with E-state index in [1.165, 1.54) is 11.1 Å². The predicted molar refractivity (Wildman–Crippen MR) is 142 cm³/mol. The van der Waals surface area contributed by atoms with Crippen molar-refractivity contribution in [3.63, 3.8) is 0 Å². The highest BCUT2D eigenvalue weighted by Gasteiger charge is 2.27. The van der Waals surface area contributed by atoms with Gasteiger partial charge in [-0.1, -0.05) is 67.1 Å². The number of nitrogens with one attached hydrogen (secondary N) is 1. The molecule has 6 heteroatoms. The highest BCUT2D eigenvalue weighted by atomic mass is 16.1. The van der Waals surface area contributed by atoms with E-state index in [4.69, 9.17) is 0 Å². The van der Waals surface area contributed by atoms with Crippen LogP contribution in [0.15, 0.2) is 67.0 Å². The van der Waals surface area contributed by atoms with Gasteiger partial charge in [0.2, 0.25) is 11.9 Å². The lowest BCUT2D eigenvalue weighted by atomic mass is 9.97. The van der Waals surface area contributed by atoms with Crippen LogP contribution in [0.2, 0.25) is 0 Å². The number of aryl methyl sites for hydroxylation is 1. The smallest absolute Gasteiger partial charge is 0.225 e. The minimum Gasteiger partial charge on any atom is -0.356 e. The van der Waals surface area contributed by atoms with E-state index in [1.807, 2.05) is 18.5 Å². The number of amides is 1. The second-order valence-corrected chi connectivity index (χ2v) is 9.42. The van der Waals surface area contributed by atoms with Crippen molar-refractivity contribution in [2.24, 2.45) is 5.92 Å². The zero-order chi connectivity index (χ0) is 24.5. The maximum absolute atomic E-state index is 12.9. The van der Waals surface area contributed by atoms with Gasteiger partial charge in [0.1, 0.15) is 0 Å². The number of piperidine rings is 1. The van der Waals surface area contributed by atoms with E-state index < -0.39 is 0 Å². The standard InChI is InChI=1S/C29H37N5O/c1-3-33(21-24-9-5-4-6-10-24)17-8-16-30-28(35)26-11-7-18-34(22-26)29-31-19-27(20-32-29)25-14-12-23(2)13-15-25/h4-6,9-10,12-15,19-20,26H,3,7-8,11,16-18,21-22H2,1-2H3,(H,30,35)/t26-/m0/s1. The molecule has 35 heavy (non-hydrogen) atoms. The number of nitrogens with zero attached hydrogens (tertiary/aromatic N) is 4. The Labute approximate surface area is 209 Å². The van der Waals surface area contributed by atoms with E-state index >= 15 is 0 Å². The van der Waals surface area contributed by atoms with Crippen molar-refractivity contribution in [1.29, 1.82) is 0 Å². The lowest BCUT2D eigenvalue weighted by molar-refractivity contribution is -0.125. The van der Waals surface area contributed by atoms with Gasteiger partial charge in [-0.3, -0.25) is 9.69 Å². The maximum atomic E-state index is 12.9. The Hall–Kier alpha value is -3.25. The largest absolute Gasteiger partial charge is 0.356 e.